The Morgan fingerprint density at radius 3 is 2.55 bits per heavy atom. The first kappa shape index (κ1) is 14.5. The maximum absolute atomic E-state index is 11.0. The van der Waals surface area contributed by atoms with Gasteiger partial charge in [-0.25, -0.2) is 0 Å². The van der Waals surface area contributed by atoms with Crippen molar-refractivity contribution in [3.63, 3.8) is 0 Å². The molecule has 0 saturated heterocycles. The fraction of sp³-hybridized carbons (Fsp3) is 0.333. The van der Waals surface area contributed by atoms with E-state index in [1.165, 1.54) is 10.9 Å². The van der Waals surface area contributed by atoms with Gasteiger partial charge in [0.1, 0.15) is 0 Å². The van der Waals surface area contributed by atoms with Gasteiger partial charge in [-0.15, -0.1) is 11.3 Å². The van der Waals surface area contributed by atoms with Crippen LogP contribution in [0, 0.1) is 23.0 Å². The normalized spacial score (nSPS) is 12.4. The number of nitro groups is 1. The summed E-state index contributed by atoms with van der Waals surface area (Å²) in [5.41, 5.74) is 1.66. The van der Waals surface area contributed by atoms with Crippen molar-refractivity contribution in [2.75, 3.05) is 5.32 Å². The second-order valence-corrected chi connectivity index (χ2v) is 6.07. The zero-order valence-corrected chi connectivity index (χ0v) is 12.6. The molecule has 1 N–H and O–H groups in total. The highest BCUT2D eigenvalue weighted by atomic mass is 32.1. The van der Waals surface area contributed by atoms with Crippen LogP contribution in [-0.4, -0.2) is 4.92 Å². The van der Waals surface area contributed by atoms with Crippen molar-refractivity contribution in [3.05, 3.63) is 56.3 Å². The molecular formula is C15H18N2O2S. The number of thiophene rings is 1. The molecule has 5 heteroatoms. The van der Waals surface area contributed by atoms with Crippen LogP contribution in [0.25, 0.3) is 0 Å². The molecule has 1 atom stereocenters. The molecule has 1 heterocycles. The molecule has 0 aliphatic rings. The quantitative estimate of drug-likeness (QED) is 0.637. The topological polar surface area (TPSA) is 55.2 Å². The average molecular weight is 290 g/mol. The van der Waals surface area contributed by atoms with Crippen molar-refractivity contribution in [3.8, 4) is 0 Å². The molecule has 0 aliphatic carbocycles. The summed E-state index contributed by atoms with van der Waals surface area (Å²) in [6.45, 7) is 6.07. The molecule has 0 radical (unpaired) electrons. The summed E-state index contributed by atoms with van der Waals surface area (Å²) >= 11 is 1.70. The number of anilines is 1. The average Bonchev–Trinajstić information content (AvgIpc) is 2.90. The van der Waals surface area contributed by atoms with Crippen molar-refractivity contribution < 1.29 is 4.92 Å². The SMILES string of the molecule is Cc1c(NC(c2cccs2)C(C)C)cccc1[N+](=O)[O-]. The minimum absolute atomic E-state index is 0.156. The maximum atomic E-state index is 11.0. The van der Waals surface area contributed by atoms with Crippen LogP contribution in [0.1, 0.15) is 30.3 Å². The third kappa shape index (κ3) is 2.99. The number of nitro benzene ring substituents is 1. The highest BCUT2D eigenvalue weighted by Crippen LogP contribution is 2.33. The van der Waals surface area contributed by atoms with Crippen LogP contribution in [0.4, 0.5) is 11.4 Å². The lowest BCUT2D eigenvalue weighted by atomic mass is 10.0. The summed E-state index contributed by atoms with van der Waals surface area (Å²) in [4.78, 5) is 11.9. The predicted molar refractivity (Wildman–Crippen MR) is 83.4 cm³/mol. The van der Waals surface area contributed by atoms with E-state index in [4.69, 9.17) is 0 Å². The van der Waals surface area contributed by atoms with Crippen molar-refractivity contribution in [2.45, 2.75) is 26.8 Å². The molecule has 106 valence electrons. The summed E-state index contributed by atoms with van der Waals surface area (Å²) in [6.07, 6.45) is 0. The number of hydrogen-bond acceptors (Lipinski definition) is 4. The van der Waals surface area contributed by atoms with Gasteiger partial charge in [0, 0.05) is 22.2 Å². The van der Waals surface area contributed by atoms with E-state index in [0.717, 1.165) is 5.69 Å². The maximum Gasteiger partial charge on any atom is 0.274 e. The van der Waals surface area contributed by atoms with E-state index in [1.807, 2.05) is 17.5 Å². The van der Waals surface area contributed by atoms with E-state index in [2.05, 4.69) is 25.2 Å². The number of nitrogens with zero attached hydrogens (tertiary/aromatic N) is 1. The van der Waals surface area contributed by atoms with E-state index in [0.29, 0.717) is 11.5 Å². The van der Waals surface area contributed by atoms with Gasteiger partial charge >= 0.3 is 0 Å². The Hall–Kier alpha value is -1.88. The summed E-state index contributed by atoms with van der Waals surface area (Å²) in [6, 6.07) is 9.43. The van der Waals surface area contributed by atoms with Crippen LogP contribution in [-0.2, 0) is 0 Å². The molecule has 20 heavy (non-hydrogen) atoms. The Kier molecular flexibility index (Phi) is 4.39. The van der Waals surface area contributed by atoms with Gasteiger partial charge in [0.15, 0.2) is 0 Å². The molecule has 0 fully saturated rings. The highest BCUT2D eigenvalue weighted by molar-refractivity contribution is 7.10. The van der Waals surface area contributed by atoms with Crippen molar-refractivity contribution in [1.82, 2.24) is 0 Å². The largest absolute Gasteiger partial charge is 0.377 e. The monoisotopic (exact) mass is 290 g/mol. The molecule has 2 rings (SSSR count). The molecule has 1 unspecified atom stereocenters. The minimum Gasteiger partial charge on any atom is -0.377 e. The Morgan fingerprint density at radius 2 is 2.00 bits per heavy atom. The van der Waals surface area contributed by atoms with Crippen LogP contribution in [0.15, 0.2) is 35.7 Å². The smallest absolute Gasteiger partial charge is 0.274 e. The Labute approximate surface area is 122 Å². The van der Waals surface area contributed by atoms with E-state index in [1.54, 1.807) is 24.3 Å². The molecule has 0 amide bonds. The Balaban J connectivity index is 2.32. The lowest BCUT2D eigenvalue weighted by molar-refractivity contribution is -0.385. The fourth-order valence-electron chi connectivity index (χ4n) is 2.18. The van der Waals surface area contributed by atoms with Crippen LogP contribution < -0.4 is 5.32 Å². The summed E-state index contributed by atoms with van der Waals surface area (Å²) in [5, 5.41) is 16.5. The zero-order chi connectivity index (χ0) is 14.7. The molecule has 0 saturated carbocycles. The van der Waals surface area contributed by atoms with Crippen LogP contribution >= 0.6 is 11.3 Å². The number of rotatable bonds is 5. The van der Waals surface area contributed by atoms with Gasteiger partial charge in [-0.3, -0.25) is 10.1 Å². The van der Waals surface area contributed by atoms with Gasteiger partial charge in [0.05, 0.1) is 11.0 Å². The van der Waals surface area contributed by atoms with Gasteiger partial charge < -0.3 is 5.32 Å². The molecule has 0 bridgehead atoms. The molecule has 2 aromatic rings. The Bertz CT molecular complexity index is 594. The first-order valence-electron chi connectivity index (χ1n) is 6.54. The van der Waals surface area contributed by atoms with Gasteiger partial charge in [-0.2, -0.15) is 0 Å². The molecule has 0 aliphatic heterocycles. The highest BCUT2D eigenvalue weighted by Gasteiger charge is 2.20. The third-order valence-electron chi connectivity index (χ3n) is 3.33. The van der Waals surface area contributed by atoms with E-state index in [9.17, 15) is 10.1 Å². The number of hydrogen-bond donors (Lipinski definition) is 1. The lowest BCUT2D eigenvalue weighted by Crippen LogP contribution is -2.16. The molecule has 0 spiro atoms. The van der Waals surface area contributed by atoms with Crippen molar-refractivity contribution in [2.24, 2.45) is 5.92 Å². The second-order valence-electron chi connectivity index (χ2n) is 5.09. The molecule has 4 nitrogen and oxygen atoms in total. The lowest BCUT2D eigenvalue weighted by Gasteiger charge is -2.23. The Morgan fingerprint density at radius 1 is 1.25 bits per heavy atom. The standard InChI is InChI=1S/C15H18N2O2S/c1-10(2)15(14-8-5-9-20-14)16-12-6-4-7-13(11(12)3)17(18)19/h4-10,15-16H,1-3H3. The van der Waals surface area contributed by atoms with Crippen LogP contribution in [0.3, 0.4) is 0 Å². The second kappa shape index (κ2) is 6.05. The summed E-state index contributed by atoms with van der Waals surface area (Å²) in [7, 11) is 0. The van der Waals surface area contributed by atoms with Crippen molar-refractivity contribution >= 4 is 22.7 Å². The fourth-order valence-corrected chi connectivity index (χ4v) is 3.13. The van der Waals surface area contributed by atoms with Crippen LogP contribution in [0.5, 0.6) is 0 Å². The molecule has 1 aromatic carbocycles. The third-order valence-corrected chi connectivity index (χ3v) is 4.28. The zero-order valence-electron chi connectivity index (χ0n) is 11.8. The van der Waals surface area contributed by atoms with Gasteiger partial charge in [-0.1, -0.05) is 26.0 Å². The summed E-state index contributed by atoms with van der Waals surface area (Å²) < 4.78 is 0. The number of nitrogens with one attached hydrogen (secondary N) is 1. The van der Waals surface area contributed by atoms with Crippen molar-refractivity contribution in [1.29, 1.82) is 0 Å². The van der Waals surface area contributed by atoms with Gasteiger partial charge in [0.2, 0.25) is 0 Å². The van der Waals surface area contributed by atoms with E-state index in [-0.39, 0.29) is 16.7 Å². The first-order chi connectivity index (χ1) is 9.50. The number of benzene rings is 1. The molecular weight excluding hydrogens is 272 g/mol. The van der Waals surface area contributed by atoms with Gasteiger partial charge in [0.25, 0.3) is 5.69 Å². The van der Waals surface area contributed by atoms with E-state index >= 15 is 0 Å². The summed E-state index contributed by atoms with van der Waals surface area (Å²) in [5.74, 6) is 0.396. The predicted octanol–water partition coefficient (Wildman–Crippen LogP) is 4.77. The minimum atomic E-state index is -0.337. The first-order valence-corrected chi connectivity index (χ1v) is 7.42. The molecule has 1 aromatic heterocycles. The van der Waals surface area contributed by atoms with Crippen LogP contribution in [0.2, 0.25) is 0 Å². The van der Waals surface area contributed by atoms with E-state index < -0.39 is 0 Å². The van der Waals surface area contributed by atoms with Gasteiger partial charge in [-0.05, 0) is 30.4 Å².